The van der Waals surface area contributed by atoms with E-state index < -0.39 is 6.09 Å². The van der Waals surface area contributed by atoms with E-state index in [4.69, 9.17) is 9.47 Å². The van der Waals surface area contributed by atoms with Crippen molar-refractivity contribution < 1.29 is 19.1 Å². The fraction of sp³-hybridized carbons (Fsp3) is 0.467. The zero-order valence-corrected chi connectivity index (χ0v) is 11.7. The number of carbonyl (C=O) groups excluding carboxylic acids is 2. The van der Waals surface area contributed by atoms with Crippen molar-refractivity contribution in [3.8, 4) is 5.75 Å². The van der Waals surface area contributed by atoms with Crippen molar-refractivity contribution >= 4 is 12.0 Å². The summed E-state index contributed by atoms with van der Waals surface area (Å²) >= 11 is 0. The molecule has 112 valence electrons. The third-order valence-electron chi connectivity index (χ3n) is 3.72. The lowest BCUT2D eigenvalue weighted by Gasteiger charge is -2.25. The second-order valence-electron chi connectivity index (χ2n) is 5.33. The summed E-state index contributed by atoms with van der Waals surface area (Å²) in [5.41, 5.74) is 1.17. The molecule has 21 heavy (non-hydrogen) atoms. The fourth-order valence-corrected chi connectivity index (χ4v) is 2.58. The highest BCUT2D eigenvalue weighted by atomic mass is 16.6. The van der Waals surface area contributed by atoms with E-state index in [2.05, 4.69) is 5.32 Å². The number of ether oxygens (including phenoxy) is 2. The maximum Gasteiger partial charge on any atom is 0.410 e. The molecule has 6 heteroatoms. The van der Waals surface area contributed by atoms with Crippen molar-refractivity contribution in [1.82, 2.24) is 10.2 Å². The number of fused-ring (bicyclic) bond motifs is 1. The van der Waals surface area contributed by atoms with Crippen LogP contribution in [0.1, 0.15) is 5.56 Å². The minimum Gasteiger partial charge on any atom is -0.493 e. The molecule has 0 saturated carbocycles. The Hall–Kier alpha value is -2.24. The Morgan fingerprint density at radius 1 is 1.33 bits per heavy atom. The van der Waals surface area contributed by atoms with Gasteiger partial charge >= 0.3 is 6.09 Å². The second kappa shape index (κ2) is 6.03. The van der Waals surface area contributed by atoms with Crippen molar-refractivity contribution in [2.24, 2.45) is 5.92 Å². The molecule has 3 rings (SSSR count). The topological polar surface area (TPSA) is 67.9 Å². The molecule has 2 amide bonds. The minimum absolute atomic E-state index is 0.0585. The SMILES string of the molecule is O=C(CN1CCOC1=O)NC[C@H]1COc2ccccc2C1. The first-order valence-electron chi connectivity index (χ1n) is 7.11. The van der Waals surface area contributed by atoms with Gasteiger partial charge in [0.05, 0.1) is 13.2 Å². The first kappa shape index (κ1) is 13.7. The highest BCUT2D eigenvalue weighted by Crippen LogP contribution is 2.26. The highest BCUT2D eigenvalue weighted by Gasteiger charge is 2.25. The van der Waals surface area contributed by atoms with Crippen LogP contribution < -0.4 is 10.1 Å². The zero-order chi connectivity index (χ0) is 14.7. The van der Waals surface area contributed by atoms with Gasteiger partial charge in [-0.25, -0.2) is 4.79 Å². The highest BCUT2D eigenvalue weighted by molar-refractivity contribution is 5.82. The molecule has 2 heterocycles. The largest absolute Gasteiger partial charge is 0.493 e. The van der Waals surface area contributed by atoms with Crippen LogP contribution in [0.5, 0.6) is 5.75 Å². The van der Waals surface area contributed by atoms with Gasteiger partial charge in [-0.1, -0.05) is 18.2 Å². The van der Waals surface area contributed by atoms with Gasteiger partial charge in [-0.05, 0) is 18.1 Å². The lowest BCUT2D eigenvalue weighted by Crippen LogP contribution is -2.41. The third-order valence-corrected chi connectivity index (χ3v) is 3.72. The van der Waals surface area contributed by atoms with Crippen LogP contribution in [0.25, 0.3) is 0 Å². The van der Waals surface area contributed by atoms with Crippen LogP contribution in [0.15, 0.2) is 24.3 Å². The Bertz CT molecular complexity index is 546. The maximum atomic E-state index is 11.8. The Morgan fingerprint density at radius 2 is 2.19 bits per heavy atom. The van der Waals surface area contributed by atoms with E-state index in [0.29, 0.717) is 26.3 Å². The van der Waals surface area contributed by atoms with Gasteiger partial charge in [-0.3, -0.25) is 9.69 Å². The van der Waals surface area contributed by atoms with E-state index in [1.165, 1.54) is 10.5 Å². The second-order valence-corrected chi connectivity index (χ2v) is 5.33. The first-order valence-corrected chi connectivity index (χ1v) is 7.11. The molecule has 1 fully saturated rings. The lowest BCUT2D eigenvalue weighted by molar-refractivity contribution is -0.121. The summed E-state index contributed by atoms with van der Waals surface area (Å²) in [6.07, 6.45) is 0.474. The summed E-state index contributed by atoms with van der Waals surface area (Å²) in [5, 5.41) is 2.86. The number of amides is 2. The number of benzene rings is 1. The molecular weight excluding hydrogens is 272 g/mol. The van der Waals surface area contributed by atoms with E-state index >= 15 is 0 Å². The molecule has 2 aliphatic rings. The molecule has 1 atom stereocenters. The number of nitrogens with zero attached hydrogens (tertiary/aromatic N) is 1. The van der Waals surface area contributed by atoms with Crippen LogP contribution >= 0.6 is 0 Å². The molecule has 1 aromatic rings. The van der Waals surface area contributed by atoms with Crippen molar-refractivity contribution in [1.29, 1.82) is 0 Å². The van der Waals surface area contributed by atoms with Gasteiger partial charge < -0.3 is 14.8 Å². The summed E-state index contributed by atoms with van der Waals surface area (Å²) in [6, 6.07) is 7.95. The number of hydrogen-bond donors (Lipinski definition) is 1. The van der Waals surface area contributed by atoms with Crippen molar-refractivity contribution in [3.63, 3.8) is 0 Å². The third kappa shape index (κ3) is 3.26. The number of hydrogen-bond acceptors (Lipinski definition) is 4. The smallest absolute Gasteiger partial charge is 0.410 e. The Morgan fingerprint density at radius 3 is 3.00 bits per heavy atom. The summed E-state index contributed by atoms with van der Waals surface area (Å²) in [4.78, 5) is 24.5. The molecule has 1 aromatic carbocycles. The summed E-state index contributed by atoms with van der Waals surface area (Å²) in [5.74, 6) is 1.03. The Labute approximate surface area is 123 Å². The first-order chi connectivity index (χ1) is 10.2. The van der Waals surface area contributed by atoms with Gasteiger partial charge in [0.25, 0.3) is 0 Å². The van der Waals surface area contributed by atoms with Crippen LogP contribution in [0.2, 0.25) is 0 Å². The molecule has 0 bridgehead atoms. The van der Waals surface area contributed by atoms with E-state index in [-0.39, 0.29) is 18.4 Å². The Balaban J connectivity index is 1.45. The number of cyclic esters (lactones) is 1. The average molecular weight is 290 g/mol. The van der Waals surface area contributed by atoms with Crippen LogP contribution in [0, 0.1) is 5.92 Å². The standard InChI is InChI=1S/C15H18N2O4/c18-14(9-17-5-6-20-15(17)19)16-8-11-7-12-3-1-2-4-13(12)21-10-11/h1-4,11H,5-10H2,(H,16,18)/t11-/m0/s1. The summed E-state index contributed by atoms with van der Waals surface area (Å²) in [7, 11) is 0. The normalized spacial score (nSPS) is 20.5. The van der Waals surface area contributed by atoms with Crippen LogP contribution in [-0.4, -0.2) is 49.7 Å². The fourth-order valence-electron chi connectivity index (χ4n) is 2.58. The molecule has 2 aliphatic heterocycles. The van der Waals surface area contributed by atoms with Crippen LogP contribution in [-0.2, 0) is 16.0 Å². The molecular formula is C15H18N2O4. The number of rotatable bonds is 4. The van der Waals surface area contributed by atoms with Crippen molar-refractivity contribution in [2.75, 3.05) is 32.8 Å². The molecule has 6 nitrogen and oxygen atoms in total. The zero-order valence-electron chi connectivity index (χ0n) is 11.7. The predicted molar refractivity (Wildman–Crippen MR) is 75.1 cm³/mol. The van der Waals surface area contributed by atoms with Gasteiger partial charge in [0, 0.05) is 12.5 Å². The average Bonchev–Trinajstić information content (AvgIpc) is 2.90. The van der Waals surface area contributed by atoms with Crippen molar-refractivity contribution in [2.45, 2.75) is 6.42 Å². The van der Waals surface area contributed by atoms with Gasteiger partial charge in [0.1, 0.15) is 18.9 Å². The van der Waals surface area contributed by atoms with Crippen LogP contribution in [0.4, 0.5) is 4.79 Å². The number of para-hydroxylation sites is 1. The van der Waals surface area contributed by atoms with E-state index in [1.54, 1.807) is 0 Å². The maximum absolute atomic E-state index is 11.8. The van der Waals surface area contributed by atoms with E-state index in [1.807, 2.05) is 24.3 Å². The molecule has 1 saturated heterocycles. The molecule has 0 aliphatic carbocycles. The van der Waals surface area contributed by atoms with E-state index in [9.17, 15) is 9.59 Å². The predicted octanol–water partition coefficient (Wildman–Crippen LogP) is 0.806. The summed E-state index contributed by atoms with van der Waals surface area (Å²) in [6.45, 7) is 2.05. The molecule has 0 unspecified atom stereocenters. The van der Waals surface area contributed by atoms with Crippen LogP contribution in [0.3, 0.4) is 0 Å². The summed E-state index contributed by atoms with van der Waals surface area (Å²) < 4.78 is 10.5. The minimum atomic E-state index is -0.417. The molecule has 1 N–H and O–H groups in total. The van der Waals surface area contributed by atoms with Gasteiger partial charge in [-0.2, -0.15) is 0 Å². The molecule has 0 aromatic heterocycles. The molecule has 0 spiro atoms. The number of carbonyl (C=O) groups is 2. The van der Waals surface area contributed by atoms with Gasteiger partial charge in [-0.15, -0.1) is 0 Å². The quantitative estimate of drug-likeness (QED) is 0.891. The van der Waals surface area contributed by atoms with Gasteiger partial charge in [0.2, 0.25) is 5.91 Å². The lowest BCUT2D eigenvalue weighted by atomic mass is 9.97. The van der Waals surface area contributed by atoms with E-state index in [0.717, 1.165) is 12.2 Å². The Kier molecular flexibility index (Phi) is 3.94. The van der Waals surface area contributed by atoms with Gasteiger partial charge in [0.15, 0.2) is 0 Å². The number of nitrogens with one attached hydrogen (secondary N) is 1. The monoisotopic (exact) mass is 290 g/mol. The molecule has 0 radical (unpaired) electrons. The van der Waals surface area contributed by atoms with Crippen molar-refractivity contribution in [3.05, 3.63) is 29.8 Å².